The van der Waals surface area contributed by atoms with Crippen LogP contribution in [-0.4, -0.2) is 11.7 Å². The summed E-state index contributed by atoms with van der Waals surface area (Å²) in [6.07, 6.45) is 0.448. The first-order valence-corrected chi connectivity index (χ1v) is 3.18. The van der Waals surface area contributed by atoms with E-state index < -0.39 is 5.92 Å². The van der Waals surface area contributed by atoms with Crippen LogP contribution in [0.3, 0.4) is 0 Å². The van der Waals surface area contributed by atoms with E-state index in [1.54, 1.807) is 0 Å². The van der Waals surface area contributed by atoms with Gasteiger partial charge in [-0.15, -0.1) is 0 Å². The SMILES string of the molecule is CC(F)(F)CCCS. The smallest absolute Gasteiger partial charge is 0.207 e. The predicted octanol–water partition coefficient (Wildman–Crippen LogP) is 2.35. The molecule has 0 aromatic heterocycles. The molecular formula is C5H10F2S. The van der Waals surface area contributed by atoms with Crippen LogP contribution in [0.25, 0.3) is 0 Å². The lowest BCUT2D eigenvalue weighted by Gasteiger charge is -2.06. The molecule has 0 saturated heterocycles. The number of thiol groups is 1. The second-order valence-corrected chi connectivity index (χ2v) is 2.34. The van der Waals surface area contributed by atoms with Gasteiger partial charge in [0.05, 0.1) is 0 Å². The van der Waals surface area contributed by atoms with E-state index in [0.29, 0.717) is 12.2 Å². The van der Waals surface area contributed by atoms with Crippen LogP contribution in [0.2, 0.25) is 0 Å². The maximum absolute atomic E-state index is 11.9. The first kappa shape index (κ1) is 8.21. The van der Waals surface area contributed by atoms with Crippen molar-refractivity contribution in [3.8, 4) is 0 Å². The summed E-state index contributed by atoms with van der Waals surface area (Å²) in [7, 11) is 0. The predicted molar refractivity (Wildman–Crippen MR) is 33.7 cm³/mol. The van der Waals surface area contributed by atoms with Gasteiger partial charge in [-0.2, -0.15) is 12.6 Å². The Hall–Kier alpha value is 0.210. The minimum atomic E-state index is -2.50. The van der Waals surface area contributed by atoms with Gasteiger partial charge in [0.1, 0.15) is 0 Å². The summed E-state index contributed by atoms with van der Waals surface area (Å²) in [5, 5.41) is 0. The molecule has 8 heavy (non-hydrogen) atoms. The molecule has 0 aromatic carbocycles. The fourth-order valence-corrected chi connectivity index (χ4v) is 0.548. The molecular weight excluding hydrogens is 130 g/mol. The van der Waals surface area contributed by atoms with Gasteiger partial charge in [0.15, 0.2) is 0 Å². The fourth-order valence-electron chi connectivity index (χ4n) is 0.389. The minimum absolute atomic E-state index is 0.0451. The normalized spacial score (nSPS) is 12.0. The number of rotatable bonds is 3. The maximum Gasteiger partial charge on any atom is 0.245 e. The van der Waals surface area contributed by atoms with E-state index in [0.717, 1.165) is 6.92 Å². The monoisotopic (exact) mass is 140 g/mol. The van der Waals surface area contributed by atoms with Gasteiger partial charge < -0.3 is 0 Å². The van der Waals surface area contributed by atoms with Crippen molar-refractivity contribution in [3.05, 3.63) is 0 Å². The summed E-state index contributed by atoms with van der Waals surface area (Å²) in [5.74, 6) is -1.95. The molecule has 0 nitrogen and oxygen atoms in total. The molecule has 0 atom stereocenters. The van der Waals surface area contributed by atoms with Gasteiger partial charge in [0.2, 0.25) is 5.92 Å². The molecule has 3 heteroatoms. The molecule has 50 valence electrons. The van der Waals surface area contributed by atoms with Gasteiger partial charge in [0, 0.05) is 6.42 Å². The van der Waals surface area contributed by atoms with Crippen LogP contribution < -0.4 is 0 Å². The third-order valence-electron chi connectivity index (χ3n) is 0.774. The van der Waals surface area contributed by atoms with Crippen LogP contribution in [0.15, 0.2) is 0 Å². The van der Waals surface area contributed by atoms with E-state index in [1.807, 2.05) is 0 Å². The Morgan fingerprint density at radius 3 is 2.12 bits per heavy atom. The van der Waals surface area contributed by atoms with Crippen molar-refractivity contribution in [3.63, 3.8) is 0 Å². The van der Waals surface area contributed by atoms with E-state index in [4.69, 9.17) is 0 Å². The van der Waals surface area contributed by atoms with Crippen molar-refractivity contribution >= 4 is 12.6 Å². The van der Waals surface area contributed by atoms with Crippen molar-refractivity contribution in [2.75, 3.05) is 5.75 Å². The van der Waals surface area contributed by atoms with Crippen LogP contribution in [-0.2, 0) is 0 Å². The molecule has 0 fully saturated rings. The number of hydrogen-bond acceptors (Lipinski definition) is 1. The van der Waals surface area contributed by atoms with Gasteiger partial charge in [-0.05, 0) is 19.1 Å². The van der Waals surface area contributed by atoms with Gasteiger partial charge in [-0.1, -0.05) is 0 Å². The Kier molecular flexibility index (Phi) is 3.36. The largest absolute Gasteiger partial charge is 0.245 e. The molecule has 0 amide bonds. The van der Waals surface area contributed by atoms with Crippen LogP contribution in [0.5, 0.6) is 0 Å². The third-order valence-corrected chi connectivity index (χ3v) is 1.09. The van der Waals surface area contributed by atoms with Crippen LogP contribution in [0.4, 0.5) is 8.78 Å². The Labute approximate surface area is 53.7 Å². The zero-order valence-corrected chi connectivity index (χ0v) is 5.72. The molecule has 0 spiro atoms. The fraction of sp³-hybridized carbons (Fsp3) is 1.00. The van der Waals surface area contributed by atoms with Crippen molar-refractivity contribution in [2.45, 2.75) is 25.7 Å². The summed E-state index contributed by atoms with van der Waals surface area (Å²) >= 11 is 3.80. The van der Waals surface area contributed by atoms with Crippen LogP contribution in [0, 0.1) is 0 Å². The van der Waals surface area contributed by atoms with E-state index in [9.17, 15) is 8.78 Å². The van der Waals surface area contributed by atoms with Crippen molar-refractivity contribution < 1.29 is 8.78 Å². The summed E-state index contributed by atoms with van der Waals surface area (Å²) in [6, 6.07) is 0. The standard InChI is InChI=1S/C5H10F2S/c1-5(6,7)3-2-4-8/h8H,2-4H2,1H3. The quantitative estimate of drug-likeness (QED) is 0.571. The maximum atomic E-state index is 11.9. The summed E-state index contributed by atoms with van der Waals surface area (Å²) in [4.78, 5) is 0. The average Bonchev–Trinajstić information content (AvgIpc) is 1.59. The third kappa shape index (κ3) is 6.21. The molecule has 0 N–H and O–H groups in total. The van der Waals surface area contributed by atoms with Crippen LogP contribution >= 0.6 is 12.6 Å². The summed E-state index contributed by atoms with van der Waals surface area (Å²) in [5.41, 5.74) is 0. The highest BCUT2D eigenvalue weighted by molar-refractivity contribution is 7.80. The zero-order valence-electron chi connectivity index (χ0n) is 4.82. The molecule has 0 aromatic rings. The molecule has 0 radical (unpaired) electrons. The van der Waals surface area contributed by atoms with E-state index in [2.05, 4.69) is 12.6 Å². The first-order valence-electron chi connectivity index (χ1n) is 2.55. The highest BCUT2D eigenvalue weighted by Crippen LogP contribution is 2.18. The number of hydrogen-bond donors (Lipinski definition) is 1. The zero-order chi connectivity index (χ0) is 6.62. The Bertz CT molecular complexity index is 57.9. The van der Waals surface area contributed by atoms with Crippen molar-refractivity contribution in [1.82, 2.24) is 0 Å². The molecule has 0 aliphatic heterocycles. The lowest BCUT2D eigenvalue weighted by atomic mass is 10.2. The second-order valence-electron chi connectivity index (χ2n) is 1.90. The van der Waals surface area contributed by atoms with E-state index in [1.165, 1.54) is 0 Å². The lowest BCUT2D eigenvalue weighted by molar-refractivity contribution is 0.0126. The average molecular weight is 140 g/mol. The number of halogens is 2. The first-order chi connectivity index (χ1) is 3.56. The van der Waals surface area contributed by atoms with Gasteiger partial charge in [-0.25, -0.2) is 8.78 Å². The van der Waals surface area contributed by atoms with E-state index >= 15 is 0 Å². The molecule has 0 bridgehead atoms. The molecule has 0 heterocycles. The van der Waals surface area contributed by atoms with Gasteiger partial charge in [-0.3, -0.25) is 0 Å². The van der Waals surface area contributed by atoms with Gasteiger partial charge >= 0.3 is 0 Å². The minimum Gasteiger partial charge on any atom is -0.207 e. The molecule has 0 saturated carbocycles. The lowest BCUT2D eigenvalue weighted by Crippen LogP contribution is -2.08. The summed E-state index contributed by atoms with van der Waals surface area (Å²) < 4.78 is 23.8. The topological polar surface area (TPSA) is 0 Å². The van der Waals surface area contributed by atoms with Crippen molar-refractivity contribution in [1.29, 1.82) is 0 Å². The van der Waals surface area contributed by atoms with Crippen LogP contribution in [0.1, 0.15) is 19.8 Å². The summed E-state index contributed by atoms with van der Waals surface area (Å²) in [6.45, 7) is 0.927. The number of alkyl halides is 2. The Morgan fingerprint density at radius 1 is 1.50 bits per heavy atom. The van der Waals surface area contributed by atoms with E-state index in [-0.39, 0.29) is 6.42 Å². The molecule has 0 aliphatic carbocycles. The Balaban J connectivity index is 3.11. The highest BCUT2D eigenvalue weighted by atomic mass is 32.1. The second kappa shape index (κ2) is 3.28. The molecule has 0 unspecified atom stereocenters. The molecule has 0 rings (SSSR count). The van der Waals surface area contributed by atoms with Crippen molar-refractivity contribution in [2.24, 2.45) is 0 Å². The Morgan fingerprint density at radius 2 is 2.00 bits per heavy atom. The highest BCUT2D eigenvalue weighted by Gasteiger charge is 2.18. The van der Waals surface area contributed by atoms with Gasteiger partial charge in [0.25, 0.3) is 0 Å². The molecule has 0 aliphatic rings.